The summed E-state index contributed by atoms with van der Waals surface area (Å²) in [4.78, 5) is 4.21. The smallest absolute Gasteiger partial charge is 0.0948 e. The molecule has 3 nitrogen and oxygen atoms in total. The molecule has 1 saturated heterocycles. The topological polar surface area (TPSA) is 29.9 Å². The summed E-state index contributed by atoms with van der Waals surface area (Å²) in [6.07, 6.45) is 9.27. The van der Waals surface area contributed by atoms with Crippen molar-refractivity contribution >= 4 is 0 Å². The average Bonchev–Trinajstić information content (AvgIpc) is 2.88. The van der Waals surface area contributed by atoms with E-state index in [1.807, 2.05) is 12.5 Å². The van der Waals surface area contributed by atoms with Gasteiger partial charge < -0.3 is 9.88 Å². The van der Waals surface area contributed by atoms with Gasteiger partial charge in [0.1, 0.15) is 0 Å². The molecule has 1 fully saturated rings. The van der Waals surface area contributed by atoms with Gasteiger partial charge in [-0.15, -0.1) is 0 Å². The van der Waals surface area contributed by atoms with E-state index in [9.17, 15) is 0 Å². The lowest BCUT2D eigenvalue weighted by Gasteiger charge is -2.28. The van der Waals surface area contributed by atoms with Crippen molar-refractivity contribution in [2.45, 2.75) is 38.3 Å². The van der Waals surface area contributed by atoms with Crippen LogP contribution in [0.2, 0.25) is 0 Å². The second kappa shape index (κ2) is 3.39. The molecule has 3 rings (SSSR count). The lowest BCUT2D eigenvalue weighted by Crippen LogP contribution is -2.35. The third-order valence-electron chi connectivity index (χ3n) is 3.67. The molecule has 0 amide bonds. The van der Waals surface area contributed by atoms with Crippen molar-refractivity contribution in [3.05, 3.63) is 18.2 Å². The molecule has 0 aromatic carbocycles. The first-order chi connectivity index (χ1) is 6.93. The fourth-order valence-corrected chi connectivity index (χ4v) is 2.84. The summed E-state index contributed by atoms with van der Waals surface area (Å²) >= 11 is 0. The van der Waals surface area contributed by atoms with Crippen molar-refractivity contribution in [2.24, 2.45) is 5.92 Å². The van der Waals surface area contributed by atoms with Crippen LogP contribution in [0.15, 0.2) is 12.5 Å². The Balaban J connectivity index is 1.74. The van der Waals surface area contributed by atoms with E-state index in [2.05, 4.69) is 14.9 Å². The van der Waals surface area contributed by atoms with Crippen molar-refractivity contribution in [1.82, 2.24) is 14.9 Å². The summed E-state index contributed by atoms with van der Waals surface area (Å²) < 4.78 is 2.33. The van der Waals surface area contributed by atoms with E-state index in [4.69, 9.17) is 0 Å². The molecule has 2 unspecified atom stereocenters. The molecule has 3 heterocycles. The summed E-state index contributed by atoms with van der Waals surface area (Å²) in [6, 6.07) is 0.769. The zero-order valence-corrected chi connectivity index (χ0v) is 8.45. The minimum atomic E-state index is 0.769. The van der Waals surface area contributed by atoms with Gasteiger partial charge in [0, 0.05) is 24.5 Å². The van der Waals surface area contributed by atoms with Crippen LogP contribution in [0.4, 0.5) is 0 Å². The molecule has 1 aromatic rings. The van der Waals surface area contributed by atoms with Gasteiger partial charge in [-0.25, -0.2) is 4.98 Å². The molecule has 2 aliphatic rings. The highest BCUT2D eigenvalue weighted by molar-refractivity contribution is 5.03. The molecular formula is C11H17N3. The van der Waals surface area contributed by atoms with E-state index in [0.717, 1.165) is 12.0 Å². The molecule has 1 N–H and O–H groups in total. The van der Waals surface area contributed by atoms with Crippen LogP contribution in [0.1, 0.15) is 25.0 Å². The van der Waals surface area contributed by atoms with Crippen LogP contribution in [0.5, 0.6) is 0 Å². The standard InChI is InChI=1S/C11H17N3/c1-2-11(13-5-1)9-3-4-10-6-12-8-14(10)7-9/h6,8-9,11,13H,1-5,7H2. The van der Waals surface area contributed by atoms with Crippen molar-refractivity contribution in [1.29, 1.82) is 0 Å². The molecule has 2 aliphatic heterocycles. The maximum absolute atomic E-state index is 4.21. The number of nitrogens with one attached hydrogen (secondary N) is 1. The van der Waals surface area contributed by atoms with Gasteiger partial charge in [0.25, 0.3) is 0 Å². The lowest BCUT2D eigenvalue weighted by atomic mass is 9.90. The van der Waals surface area contributed by atoms with Crippen molar-refractivity contribution in [3.63, 3.8) is 0 Å². The maximum Gasteiger partial charge on any atom is 0.0948 e. The number of hydrogen-bond donors (Lipinski definition) is 1. The Kier molecular flexibility index (Phi) is 2.05. The molecule has 0 radical (unpaired) electrons. The Morgan fingerprint density at radius 3 is 3.29 bits per heavy atom. The summed E-state index contributed by atoms with van der Waals surface area (Å²) in [5.74, 6) is 0.833. The molecule has 14 heavy (non-hydrogen) atoms. The Labute approximate surface area is 84.5 Å². The van der Waals surface area contributed by atoms with Crippen molar-refractivity contribution in [3.8, 4) is 0 Å². The molecule has 0 aliphatic carbocycles. The predicted molar refractivity (Wildman–Crippen MR) is 55.1 cm³/mol. The molecule has 1 aromatic heterocycles. The Bertz CT molecular complexity index is 312. The van der Waals surface area contributed by atoms with Gasteiger partial charge in [-0.2, -0.15) is 0 Å². The molecule has 0 spiro atoms. The van der Waals surface area contributed by atoms with Gasteiger partial charge >= 0.3 is 0 Å². The molecule has 0 bridgehead atoms. The van der Waals surface area contributed by atoms with Gasteiger partial charge in [0.2, 0.25) is 0 Å². The van der Waals surface area contributed by atoms with Crippen LogP contribution >= 0.6 is 0 Å². The minimum absolute atomic E-state index is 0.769. The van der Waals surface area contributed by atoms with E-state index in [0.29, 0.717) is 0 Å². The average molecular weight is 191 g/mol. The highest BCUT2D eigenvalue weighted by Crippen LogP contribution is 2.26. The second-order valence-electron chi connectivity index (χ2n) is 4.54. The van der Waals surface area contributed by atoms with Gasteiger partial charge in [-0.1, -0.05) is 0 Å². The van der Waals surface area contributed by atoms with E-state index < -0.39 is 0 Å². The molecule has 2 atom stereocenters. The maximum atomic E-state index is 4.21. The second-order valence-corrected chi connectivity index (χ2v) is 4.54. The predicted octanol–water partition coefficient (Wildman–Crippen LogP) is 1.20. The van der Waals surface area contributed by atoms with Crippen LogP contribution in [0, 0.1) is 5.92 Å². The van der Waals surface area contributed by atoms with E-state index in [1.165, 1.54) is 44.5 Å². The van der Waals surface area contributed by atoms with E-state index in [1.54, 1.807) is 0 Å². The van der Waals surface area contributed by atoms with E-state index >= 15 is 0 Å². The Hall–Kier alpha value is -0.830. The largest absolute Gasteiger partial charge is 0.334 e. The highest BCUT2D eigenvalue weighted by atomic mass is 15.1. The number of fused-ring (bicyclic) bond motifs is 1. The van der Waals surface area contributed by atoms with Crippen molar-refractivity contribution in [2.75, 3.05) is 6.54 Å². The molecule has 3 heteroatoms. The summed E-state index contributed by atoms with van der Waals surface area (Å²) in [5.41, 5.74) is 1.42. The third kappa shape index (κ3) is 1.36. The zero-order valence-electron chi connectivity index (χ0n) is 8.45. The fraction of sp³-hybridized carbons (Fsp3) is 0.727. The SMILES string of the molecule is c1ncn2c1CCC(C1CCCN1)C2. The Morgan fingerprint density at radius 1 is 1.43 bits per heavy atom. The van der Waals surface area contributed by atoms with Crippen LogP contribution in [0.25, 0.3) is 0 Å². The monoisotopic (exact) mass is 191 g/mol. The fourth-order valence-electron chi connectivity index (χ4n) is 2.84. The number of hydrogen-bond acceptors (Lipinski definition) is 2. The van der Waals surface area contributed by atoms with Crippen LogP contribution in [-0.2, 0) is 13.0 Å². The number of aryl methyl sites for hydroxylation is 1. The molecular weight excluding hydrogens is 174 g/mol. The normalized spacial score (nSPS) is 31.7. The summed E-state index contributed by atoms with van der Waals surface area (Å²) in [7, 11) is 0. The van der Waals surface area contributed by atoms with Crippen LogP contribution in [0.3, 0.4) is 0 Å². The summed E-state index contributed by atoms with van der Waals surface area (Å²) in [6.45, 7) is 2.39. The summed E-state index contributed by atoms with van der Waals surface area (Å²) in [5, 5.41) is 3.62. The van der Waals surface area contributed by atoms with Crippen LogP contribution < -0.4 is 5.32 Å². The van der Waals surface area contributed by atoms with Gasteiger partial charge in [0.05, 0.1) is 6.33 Å². The van der Waals surface area contributed by atoms with Gasteiger partial charge in [-0.05, 0) is 38.1 Å². The number of aromatic nitrogens is 2. The zero-order chi connectivity index (χ0) is 9.38. The Morgan fingerprint density at radius 2 is 2.43 bits per heavy atom. The quantitative estimate of drug-likeness (QED) is 0.723. The van der Waals surface area contributed by atoms with E-state index in [-0.39, 0.29) is 0 Å². The molecule has 0 saturated carbocycles. The van der Waals surface area contributed by atoms with Gasteiger partial charge in [0.15, 0.2) is 0 Å². The number of imidazole rings is 1. The molecule has 76 valence electrons. The van der Waals surface area contributed by atoms with Crippen LogP contribution in [-0.4, -0.2) is 22.1 Å². The minimum Gasteiger partial charge on any atom is -0.334 e. The first-order valence-corrected chi connectivity index (χ1v) is 5.66. The van der Waals surface area contributed by atoms with Crippen molar-refractivity contribution < 1.29 is 0 Å². The number of rotatable bonds is 1. The first-order valence-electron chi connectivity index (χ1n) is 5.66. The van der Waals surface area contributed by atoms with Gasteiger partial charge in [-0.3, -0.25) is 0 Å². The first kappa shape index (κ1) is 8.48. The highest BCUT2D eigenvalue weighted by Gasteiger charge is 2.27. The third-order valence-corrected chi connectivity index (χ3v) is 3.67. The number of nitrogens with zero attached hydrogens (tertiary/aromatic N) is 2. The lowest BCUT2D eigenvalue weighted by molar-refractivity contribution is 0.293.